The van der Waals surface area contributed by atoms with Gasteiger partial charge >= 0.3 is 6.18 Å². The zero-order chi connectivity index (χ0) is 24.6. The summed E-state index contributed by atoms with van der Waals surface area (Å²) in [7, 11) is 0. The fraction of sp³-hybridized carbons (Fsp3) is 0.522. The molecule has 2 aromatic heterocycles. The van der Waals surface area contributed by atoms with Gasteiger partial charge in [0.25, 0.3) is 11.8 Å². The number of nitrogens with zero attached hydrogens (tertiary/aromatic N) is 3. The van der Waals surface area contributed by atoms with Gasteiger partial charge in [0.15, 0.2) is 0 Å². The highest BCUT2D eigenvalue weighted by atomic mass is 35.5. The summed E-state index contributed by atoms with van der Waals surface area (Å²) in [5.74, 6) is -0.570. The van der Waals surface area contributed by atoms with Crippen LogP contribution in [-0.4, -0.2) is 45.5 Å². The number of rotatable bonds is 5. The van der Waals surface area contributed by atoms with Gasteiger partial charge < -0.3 is 19.5 Å². The van der Waals surface area contributed by atoms with Crippen LogP contribution in [0, 0.1) is 0 Å². The van der Waals surface area contributed by atoms with Crippen molar-refractivity contribution in [3.8, 4) is 0 Å². The van der Waals surface area contributed by atoms with E-state index in [0.717, 1.165) is 25.1 Å². The van der Waals surface area contributed by atoms with E-state index < -0.39 is 23.8 Å². The molecule has 34 heavy (non-hydrogen) atoms. The second-order valence-corrected chi connectivity index (χ2v) is 9.01. The van der Waals surface area contributed by atoms with Gasteiger partial charge in [0, 0.05) is 35.9 Å². The molecule has 2 amide bonds. The van der Waals surface area contributed by atoms with E-state index in [1.165, 1.54) is 0 Å². The lowest BCUT2D eigenvalue weighted by molar-refractivity contribution is -0.141. The van der Waals surface area contributed by atoms with Crippen LogP contribution >= 0.6 is 11.6 Å². The number of carbonyl (C=O) groups excluding carboxylic acids is 2. The van der Waals surface area contributed by atoms with Crippen LogP contribution in [0.1, 0.15) is 76.9 Å². The van der Waals surface area contributed by atoms with Gasteiger partial charge in [0.1, 0.15) is 11.4 Å². The molecule has 4 heterocycles. The molecule has 0 aliphatic carbocycles. The second kappa shape index (κ2) is 9.58. The molecule has 0 bridgehead atoms. The number of ether oxygens (including phenoxy) is 1. The number of carbonyl (C=O) groups is 2. The molecule has 7 nitrogen and oxygen atoms in total. The number of alkyl halides is 3. The molecule has 1 fully saturated rings. The Bertz CT molecular complexity index is 1100. The van der Waals surface area contributed by atoms with E-state index >= 15 is 0 Å². The summed E-state index contributed by atoms with van der Waals surface area (Å²) < 4.78 is 46.2. The summed E-state index contributed by atoms with van der Waals surface area (Å²) in [6.07, 6.45) is -1.31. The molecule has 0 saturated carbocycles. The van der Waals surface area contributed by atoms with Crippen molar-refractivity contribution < 1.29 is 27.5 Å². The standard InChI is InChI=1S/C23H26ClF3N4O3/c1-3-17(15-11-28-20(10-16(15)24)23(25,26)27)29-21(32)14-9-18(31-7-8-34-12-19(14)31)22(33)30-6-4-5-13(30)2/h9-11,13,17H,3-8,12H2,1-2H3,(H,29,32)/t13-,17+/m0/s1. The minimum Gasteiger partial charge on any atom is -0.373 e. The summed E-state index contributed by atoms with van der Waals surface area (Å²) >= 11 is 6.12. The van der Waals surface area contributed by atoms with E-state index in [0.29, 0.717) is 43.1 Å². The molecule has 0 spiro atoms. The first kappa shape index (κ1) is 24.5. The third-order valence-electron chi connectivity index (χ3n) is 6.45. The van der Waals surface area contributed by atoms with E-state index in [1.54, 1.807) is 13.0 Å². The number of pyridine rings is 1. The molecule has 2 aliphatic heterocycles. The third kappa shape index (κ3) is 4.65. The maximum atomic E-state index is 13.3. The Balaban J connectivity index is 1.61. The summed E-state index contributed by atoms with van der Waals surface area (Å²) in [5, 5.41) is 2.71. The van der Waals surface area contributed by atoms with Crippen molar-refractivity contribution in [3.05, 3.63) is 51.6 Å². The minimum atomic E-state index is -4.62. The quantitative estimate of drug-likeness (QED) is 0.654. The SMILES string of the molecule is CC[C@@H](NC(=O)c1cc(C(=O)N2CCC[C@@H]2C)n2c1COCC2)c1cnc(C(F)(F)F)cc1Cl. The Morgan fingerprint density at radius 3 is 2.71 bits per heavy atom. The molecular formula is C23H26ClF3N4O3. The first-order chi connectivity index (χ1) is 16.1. The molecule has 184 valence electrons. The molecule has 2 atom stereocenters. The first-order valence-corrected chi connectivity index (χ1v) is 11.6. The van der Waals surface area contributed by atoms with E-state index in [1.807, 2.05) is 16.4 Å². The Kier molecular flexibility index (Phi) is 6.91. The highest BCUT2D eigenvalue weighted by Gasteiger charge is 2.34. The first-order valence-electron chi connectivity index (χ1n) is 11.3. The van der Waals surface area contributed by atoms with Crippen molar-refractivity contribution >= 4 is 23.4 Å². The van der Waals surface area contributed by atoms with Crippen LogP contribution in [-0.2, 0) is 24.1 Å². The lowest BCUT2D eigenvalue weighted by Crippen LogP contribution is -2.35. The van der Waals surface area contributed by atoms with E-state index in [9.17, 15) is 22.8 Å². The number of likely N-dealkylation sites (tertiary alicyclic amines) is 1. The van der Waals surface area contributed by atoms with Crippen LogP contribution in [0.2, 0.25) is 5.02 Å². The molecule has 1 saturated heterocycles. The topological polar surface area (TPSA) is 76.5 Å². The Hall–Kier alpha value is -2.59. The summed E-state index contributed by atoms with van der Waals surface area (Å²) in [5.41, 5.74) is 0.548. The highest BCUT2D eigenvalue weighted by Crippen LogP contribution is 2.33. The van der Waals surface area contributed by atoms with Crippen LogP contribution in [0.5, 0.6) is 0 Å². The zero-order valence-electron chi connectivity index (χ0n) is 18.9. The van der Waals surface area contributed by atoms with Crippen LogP contribution in [0.15, 0.2) is 18.3 Å². The maximum Gasteiger partial charge on any atom is 0.433 e. The van der Waals surface area contributed by atoms with Crippen molar-refractivity contribution in [3.63, 3.8) is 0 Å². The average molecular weight is 499 g/mol. The zero-order valence-corrected chi connectivity index (χ0v) is 19.7. The molecule has 0 aromatic carbocycles. The van der Waals surface area contributed by atoms with Crippen molar-refractivity contribution in [2.75, 3.05) is 13.2 Å². The van der Waals surface area contributed by atoms with E-state index in [4.69, 9.17) is 16.3 Å². The Morgan fingerprint density at radius 2 is 2.09 bits per heavy atom. The smallest absolute Gasteiger partial charge is 0.373 e. The molecule has 4 rings (SSSR count). The highest BCUT2D eigenvalue weighted by molar-refractivity contribution is 6.31. The van der Waals surface area contributed by atoms with Gasteiger partial charge in [-0.05, 0) is 38.3 Å². The maximum absolute atomic E-state index is 13.3. The Labute approximate surface area is 200 Å². The lowest BCUT2D eigenvalue weighted by atomic mass is 10.0. The van der Waals surface area contributed by atoms with Crippen molar-refractivity contribution in [1.29, 1.82) is 0 Å². The van der Waals surface area contributed by atoms with Gasteiger partial charge in [-0.25, -0.2) is 0 Å². The predicted octanol–water partition coefficient (Wildman–Crippen LogP) is 4.59. The fourth-order valence-electron chi connectivity index (χ4n) is 4.57. The number of hydrogen-bond donors (Lipinski definition) is 1. The van der Waals surface area contributed by atoms with Gasteiger partial charge in [0.2, 0.25) is 0 Å². The predicted molar refractivity (Wildman–Crippen MR) is 119 cm³/mol. The van der Waals surface area contributed by atoms with Gasteiger partial charge in [0.05, 0.1) is 30.5 Å². The minimum absolute atomic E-state index is 0.116. The number of hydrogen-bond acceptors (Lipinski definition) is 4. The van der Waals surface area contributed by atoms with E-state index in [-0.39, 0.29) is 29.1 Å². The van der Waals surface area contributed by atoms with Gasteiger partial charge in [-0.15, -0.1) is 0 Å². The molecule has 2 aromatic rings. The number of halogens is 4. The van der Waals surface area contributed by atoms with Crippen molar-refractivity contribution in [1.82, 2.24) is 19.8 Å². The van der Waals surface area contributed by atoms with Crippen LogP contribution in [0.25, 0.3) is 0 Å². The van der Waals surface area contributed by atoms with Crippen molar-refractivity contribution in [2.24, 2.45) is 0 Å². The largest absolute Gasteiger partial charge is 0.433 e. The van der Waals surface area contributed by atoms with Crippen LogP contribution in [0.4, 0.5) is 13.2 Å². The molecule has 1 N–H and O–H groups in total. The van der Waals surface area contributed by atoms with Gasteiger partial charge in [-0.1, -0.05) is 18.5 Å². The lowest BCUT2D eigenvalue weighted by Gasteiger charge is -2.24. The summed E-state index contributed by atoms with van der Waals surface area (Å²) in [6.45, 7) is 5.54. The van der Waals surface area contributed by atoms with E-state index in [2.05, 4.69) is 10.3 Å². The Morgan fingerprint density at radius 1 is 1.32 bits per heavy atom. The van der Waals surface area contributed by atoms with Crippen molar-refractivity contribution in [2.45, 2.75) is 64.5 Å². The summed E-state index contributed by atoms with van der Waals surface area (Å²) in [6, 6.07) is 1.82. The molecular weight excluding hydrogens is 473 g/mol. The third-order valence-corrected chi connectivity index (χ3v) is 6.77. The number of fused-ring (bicyclic) bond motifs is 1. The van der Waals surface area contributed by atoms with Crippen LogP contribution in [0.3, 0.4) is 0 Å². The molecule has 0 radical (unpaired) electrons. The summed E-state index contributed by atoms with van der Waals surface area (Å²) in [4.78, 5) is 31.8. The normalized spacial score (nSPS) is 19.1. The average Bonchev–Trinajstić information content (AvgIpc) is 3.40. The number of nitrogens with one attached hydrogen (secondary N) is 1. The van der Waals surface area contributed by atoms with Crippen LogP contribution < -0.4 is 5.32 Å². The van der Waals surface area contributed by atoms with Gasteiger partial charge in [-0.3, -0.25) is 14.6 Å². The fourth-order valence-corrected chi connectivity index (χ4v) is 4.85. The molecule has 2 aliphatic rings. The molecule has 11 heteroatoms. The second-order valence-electron chi connectivity index (χ2n) is 8.61. The number of aromatic nitrogens is 2. The monoisotopic (exact) mass is 498 g/mol. The molecule has 0 unspecified atom stereocenters. The number of amides is 2. The van der Waals surface area contributed by atoms with Gasteiger partial charge in [-0.2, -0.15) is 13.2 Å².